The molecule has 0 radical (unpaired) electrons. The fourth-order valence-corrected chi connectivity index (χ4v) is 3.30. The lowest BCUT2D eigenvalue weighted by atomic mass is 10.1. The minimum atomic E-state index is -4.59. The first kappa shape index (κ1) is 14.9. The molecule has 1 N–H and O–H groups in total. The van der Waals surface area contributed by atoms with Gasteiger partial charge >= 0.3 is 10.2 Å². The molecule has 1 aromatic rings. The third-order valence-electron chi connectivity index (χ3n) is 3.34. The normalized spacial score (nSPS) is 19.6. The summed E-state index contributed by atoms with van der Waals surface area (Å²) in [6.07, 6.45) is 0.00188. The summed E-state index contributed by atoms with van der Waals surface area (Å²) in [7, 11) is -4.59. The van der Waals surface area contributed by atoms with E-state index in [9.17, 15) is 22.2 Å². The van der Waals surface area contributed by atoms with Crippen LogP contribution in [-0.2, 0) is 21.6 Å². The number of carbonyl (C=O) groups excluding carboxylic acids is 1. The van der Waals surface area contributed by atoms with Crippen molar-refractivity contribution >= 4 is 21.8 Å². The van der Waals surface area contributed by atoms with Crippen LogP contribution in [0.5, 0.6) is 0 Å². The van der Waals surface area contributed by atoms with Gasteiger partial charge in [0.25, 0.3) is 0 Å². The summed E-state index contributed by atoms with van der Waals surface area (Å²) in [5, 5.41) is 9.35. The molecule has 1 unspecified atom stereocenters. The molecule has 7 heteroatoms. The van der Waals surface area contributed by atoms with E-state index in [-0.39, 0.29) is 25.5 Å². The summed E-state index contributed by atoms with van der Waals surface area (Å²) in [6.45, 7) is 1.80. The Bertz CT molecular complexity index is 629. The first-order valence-corrected chi connectivity index (χ1v) is 7.78. The lowest BCUT2D eigenvalue weighted by Crippen LogP contribution is -2.26. The van der Waals surface area contributed by atoms with Crippen LogP contribution in [0, 0.1) is 12.8 Å². The zero-order valence-electron chi connectivity index (χ0n) is 11.0. The van der Waals surface area contributed by atoms with Gasteiger partial charge in [-0.05, 0) is 13.0 Å². The third kappa shape index (κ3) is 3.34. The zero-order chi connectivity index (χ0) is 14.9. The van der Waals surface area contributed by atoms with Gasteiger partial charge in [-0.25, -0.2) is 0 Å². The van der Waals surface area contributed by atoms with Gasteiger partial charge in [-0.1, -0.05) is 17.7 Å². The maximum Gasteiger partial charge on any atom is 0.302 e. The molecule has 1 heterocycles. The summed E-state index contributed by atoms with van der Waals surface area (Å²) >= 11 is 0. The molecule has 0 aliphatic carbocycles. The highest BCUT2D eigenvalue weighted by Gasteiger charge is 2.34. The van der Waals surface area contributed by atoms with Crippen molar-refractivity contribution in [3.63, 3.8) is 0 Å². The number of halogens is 1. The van der Waals surface area contributed by atoms with E-state index in [0.717, 1.165) is 5.56 Å². The summed E-state index contributed by atoms with van der Waals surface area (Å²) in [6, 6.07) is 5.29. The fourth-order valence-electron chi connectivity index (χ4n) is 2.51. The van der Waals surface area contributed by atoms with Crippen molar-refractivity contribution in [1.82, 2.24) is 0 Å². The fraction of sp³-hybridized carbons (Fsp3) is 0.462. The van der Waals surface area contributed by atoms with Crippen LogP contribution in [0.3, 0.4) is 0 Å². The van der Waals surface area contributed by atoms with Gasteiger partial charge in [0.2, 0.25) is 5.91 Å². The van der Waals surface area contributed by atoms with Crippen molar-refractivity contribution < 1.29 is 22.2 Å². The van der Waals surface area contributed by atoms with Crippen LogP contribution in [0.1, 0.15) is 17.5 Å². The number of rotatable bonds is 4. The molecule has 1 atom stereocenters. The number of carbonyl (C=O) groups is 1. The Morgan fingerprint density at radius 1 is 1.45 bits per heavy atom. The minimum absolute atomic E-state index is 0.00188. The Hall–Kier alpha value is -1.47. The van der Waals surface area contributed by atoms with Gasteiger partial charge in [0.15, 0.2) is 0 Å². The topological polar surface area (TPSA) is 74.7 Å². The highest BCUT2D eigenvalue weighted by molar-refractivity contribution is 7.86. The van der Waals surface area contributed by atoms with E-state index in [4.69, 9.17) is 0 Å². The van der Waals surface area contributed by atoms with E-state index in [1.807, 2.05) is 6.92 Å². The first-order valence-electron chi connectivity index (χ1n) is 6.23. The zero-order valence-corrected chi connectivity index (χ0v) is 11.9. The van der Waals surface area contributed by atoms with E-state index in [2.05, 4.69) is 0 Å². The molecule has 1 aliphatic heterocycles. The summed E-state index contributed by atoms with van der Waals surface area (Å²) in [4.78, 5) is 13.4. The average molecular weight is 301 g/mol. The molecular weight excluding hydrogens is 285 g/mol. The molecule has 110 valence electrons. The van der Waals surface area contributed by atoms with Gasteiger partial charge in [0, 0.05) is 30.1 Å². The molecule has 2 rings (SSSR count). The molecule has 5 nitrogen and oxygen atoms in total. The van der Waals surface area contributed by atoms with Gasteiger partial charge in [0.05, 0.1) is 12.4 Å². The van der Waals surface area contributed by atoms with E-state index in [0.29, 0.717) is 11.3 Å². The van der Waals surface area contributed by atoms with Gasteiger partial charge in [-0.2, -0.15) is 8.42 Å². The number of anilines is 1. The monoisotopic (exact) mass is 301 g/mol. The molecule has 0 spiro atoms. The van der Waals surface area contributed by atoms with Crippen molar-refractivity contribution in [3.05, 3.63) is 29.3 Å². The average Bonchev–Trinajstić information content (AvgIpc) is 2.67. The second kappa shape index (κ2) is 5.49. The highest BCUT2D eigenvalue weighted by Crippen LogP contribution is 2.29. The van der Waals surface area contributed by atoms with Crippen LogP contribution in [0.4, 0.5) is 9.57 Å². The Kier molecular flexibility index (Phi) is 4.10. The Labute approximate surface area is 117 Å². The standard InChI is InChI=1S/C13H16FNO4S/c1-9-2-3-12(11(4-9)7-16)15-6-10(5-13(15)17)8-20(14,18)19/h2-4,10,16H,5-8H2,1H3. The largest absolute Gasteiger partial charge is 0.392 e. The predicted molar refractivity (Wildman–Crippen MR) is 72.5 cm³/mol. The summed E-state index contributed by atoms with van der Waals surface area (Å²) in [5.74, 6) is -1.45. The molecule has 1 saturated heterocycles. The van der Waals surface area contributed by atoms with Crippen molar-refractivity contribution in [2.24, 2.45) is 5.92 Å². The molecular formula is C13H16FNO4S. The van der Waals surface area contributed by atoms with Crippen LogP contribution in [-0.4, -0.2) is 31.7 Å². The maximum atomic E-state index is 12.7. The molecule has 0 saturated carbocycles. The number of amides is 1. The highest BCUT2D eigenvalue weighted by atomic mass is 32.3. The van der Waals surface area contributed by atoms with Gasteiger partial charge < -0.3 is 10.0 Å². The molecule has 0 aromatic heterocycles. The first-order chi connectivity index (χ1) is 9.30. The number of hydrogen-bond acceptors (Lipinski definition) is 4. The molecule has 1 aromatic carbocycles. The quantitative estimate of drug-likeness (QED) is 0.846. The summed E-state index contributed by atoms with van der Waals surface area (Å²) < 4.78 is 34.0. The van der Waals surface area contributed by atoms with Crippen LogP contribution in [0.2, 0.25) is 0 Å². The van der Waals surface area contributed by atoms with Crippen LogP contribution in [0.25, 0.3) is 0 Å². The van der Waals surface area contributed by atoms with Crippen LogP contribution in [0.15, 0.2) is 18.2 Å². The molecule has 1 fully saturated rings. The molecule has 0 bridgehead atoms. The smallest absolute Gasteiger partial charge is 0.302 e. The SMILES string of the molecule is Cc1ccc(N2CC(CS(=O)(=O)F)CC2=O)c(CO)c1. The molecule has 1 amide bonds. The lowest BCUT2D eigenvalue weighted by Gasteiger charge is -2.20. The van der Waals surface area contributed by atoms with E-state index < -0.39 is 21.9 Å². The minimum Gasteiger partial charge on any atom is -0.392 e. The van der Waals surface area contributed by atoms with Gasteiger partial charge in [-0.15, -0.1) is 3.89 Å². The van der Waals surface area contributed by atoms with Crippen molar-refractivity contribution in [2.45, 2.75) is 20.0 Å². The van der Waals surface area contributed by atoms with Crippen LogP contribution < -0.4 is 4.90 Å². The Morgan fingerprint density at radius 3 is 2.75 bits per heavy atom. The van der Waals surface area contributed by atoms with E-state index >= 15 is 0 Å². The van der Waals surface area contributed by atoms with Crippen molar-refractivity contribution in [1.29, 1.82) is 0 Å². The number of hydrogen-bond donors (Lipinski definition) is 1. The number of aryl methyl sites for hydroxylation is 1. The molecule has 20 heavy (non-hydrogen) atoms. The molecule has 1 aliphatic rings. The van der Waals surface area contributed by atoms with Crippen LogP contribution >= 0.6 is 0 Å². The second-order valence-corrected chi connectivity index (χ2v) is 6.48. The van der Waals surface area contributed by atoms with E-state index in [1.165, 1.54) is 4.90 Å². The van der Waals surface area contributed by atoms with Crippen molar-refractivity contribution in [2.75, 3.05) is 17.2 Å². The number of aliphatic hydroxyl groups is 1. The number of nitrogens with zero attached hydrogens (tertiary/aromatic N) is 1. The lowest BCUT2D eigenvalue weighted by molar-refractivity contribution is -0.117. The second-order valence-electron chi connectivity index (χ2n) is 5.07. The Balaban J connectivity index is 2.24. The predicted octanol–water partition coefficient (Wildman–Crippen LogP) is 1.14. The Morgan fingerprint density at radius 2 is 2.15 bits per heavy atom. The third-order valence-corrected chi connectivity index (χ3v) is 4.21. The number of aliphatic hydroxyl groups excluding tert-OH is 1. The van der Waals surface area contributed by atoms with Gasteiger partial charge in [-0.3, -0.25) is 4.79 Å². The maximum absolute atomic E-state index is 12.7. The van der Waals surface area contributed by atoms with Crippen molar-refractivity contribution in [3.8, 4) is 0 Å². The summed E-state index contributed by atoms with van der Waals surface area (Å²) in [5.41, 5.74) is 2.11. The van der Waals surface area contributed by atoms with Gasteiger partial charge in [0.1, 0.15) is 0 Å². The number of benzene rings is 1. The van der Waals surface area contributed by atoms with E-state index in [1.54, 1.807) is 18.2 Å².